The van der Waals surface area contributed by atoms with Crippen molar-refractivity contribution in [3.05, 3.63) is 47.5 Å². The summed E-state index contributed by atoms with van der Waals surface area (Å²) in [7, 11) is 1.54. The van der Waals surface area contributed by atoms with E-state index in [1.807, 2.05) is 19.1 Å². The van der Waals surface area contributed by atoms with Gasteiger partial charge in [-0.2, -0.15) is 0 Å². The van der Waals surface area contributed by atoms with Crippen LogP contribution in [0.5, 0.6) is 11.5 Å². The Hall–Kier alpha value is -2.69. The van der Waals surface area contributed by atoms with E-state index in [4.69, 9.17) is 10.5 Å². The van der Waals surface area contributed by atoms with Crippen LogP contribution in [0, 0.1) is 6.92 Å². The molecule has 0 saturated heterocycles. The molecule has 1 amide bonds. The van der Waals surface area contributed by atoms with E-state index >= 15 is 0 Å². The van der Waals surface area contributed by atoms with E-state index in [1.54, 1.807) is 12.1 Å². The molecule has 0 fully saturated rings. The van der Waals surface area contributed by atoms with E-state index in [0.717, 1.165) is 5.56 Å². The molecule has 2 rings (SSSR count). The number of nitrogen functional groups attached to an aromatic ring is 1. The van der Waals surface area contributed by atoms with Crippen LogP contribution in [0.3, 0.4) is 0 Å². The average Bonchev–Trinajstić information content (AvgIpc) is 2.42. The molecule has 0 radical (unpaired) electrons. The first-order valence-corrected chi connectivity index (χ1v) is 6.05. The quantitative estimate of drug-likeness (QED) is 0.592. The van der Waals surface area contributed by atoms with E-state index in [2.05, 4.69) is 5.32 Å². The Labute approximate surface area is 117 Å². The number of amides is 1. The molecule has 5 nitrogen and oxygen atoms in total. The van der Waals surface area contributed by atoms with Crippen LogP contribution in [0.25, 0.3) is 0 Å². The van der Waals surface area contributed by atoms with E-state index in [0.29, 0.717) is 17.0 Å². The van der Waals surface area contributed by atoms with Crippen molar-refractivity contribution in [3.8, 4) is 11.5 Å². The number of aromatic hydroxyl groups is 1. The van der Waals surface area contributed by atoms with Crippen LogP contribution in [-0.4, -0.2) is 18.1 Å². The summed E-state index contributed by atoms with van der Waals surface area (Å²) in [5, 5.41) is 12.3. The van der Waals surface area contributed by atoms with Crippen molar-refractivity contribution in [2.24, 2.45) is 0 Å². The van der Waals surface area contributed by atoms with Crippen molar-refractivity contribution in [1.82, 2.24) is 0 Å². The summed E-state index contributed by atoms with van der Waals surface area (Å²) in [4.78, 5) is 12.1. The number of carbonyl (C=O) groups is 1. The van der Waals surface area contributed by atoms with Crippen LogP contribution in [0.1, 0.15) is 15.9 Å². The van der Waals surface area contributed by atoms with Gasteiger partial charge in [0.15, 0.2) is 0 Å². The Balaban J connectivity index is 2.27. The third-order valence-corrected chi connectivity index (χ3v) is 2.90. The van der Waals surface area contributed by atoms with Crippen LogP contribution in [0.2, 0.25) is 0 Å². The van der Waals surface area contributed by atoms with Gasteiger partial charge < -0.3 is 20.9 Å². The summed E-state index contributed by atoms with van der Waals surface area (Å²) in [5.74, 6) is 0.113. The Morgan fingerprint density at radius 2 is 2.00 bits per heavy atom. The van der Waals surface area contributed by atoms with E-state index in [9.17, 15) is 9.90 Å². The van der Waals surface area contributed by atoms with Crippen molar-refractivity contribution in [1.29, 1.82) is 0 Å². The molecule has 2 aromatic carbocycles. The van der Waals surface area contributed by atoms with Gasteiger partial charge in [0.25, 0.3) is 5.91 Å². The number of nitrogens with two attached hydrogens (primary N) is 1. The van der Waals surface area contributed by atoms with Crippen LogP contribution in [0.4, 0.5) is 11.4 Å². The minimum absolute atomic E-state index is 0.117. The predicted molar refractivity (Wildman–Crippen MR) is 78.2 cm³/mol. The zero-order chi connectivity index (χ0) is 14.7. The highest BCUT2D eigenvalue weighted by Gasteiger charge is 2.11. The van der Waals surface area contributed by atoms with Crippen LogP contribution in [-0.2, 0) is 0 Å². The lowest BCUT2D eigenvalue weighted by molar-refractivity contribution is 0.102. The fourth-order valence-electron chi connectivity index (χ4n) is 1.80. The van der Waals surface area contributed by atoms with Gasteiger partial charge in [-0.15, -0.1) is 0 Å². The summed E-state index contributed by atoms with van der Waals surface area (Å²) in [6.45, 7) is 1.92. The lowest BCUT2D eigenvalue weighted by atomic mass is 10.1. The van der Waals surface area contributed by atoms with Gasteiger partial charge in [-0.1, -0.05) is 6.07 Å². The number of anilines is 2. The maximum atomic E-state index is 12.1. The van der Waals surface area contributed by atoms with Crippen molar-refractivity contribution < 1.29 is 14.6 Å². The first kappa shape index (κ1) is 13.7. The molecule has 2 aromatic rings. The highest BCUT2D eigenvalue weighted by atomic mass is 16.5. The van der Waals surface area contributed by atoms with Gasteiger partial charge in [0.05, 0.1) is 18.5 Å². The number of hydrogen-bond donors (Lipinski definition) is 3. The van der Waals surface area contributed by atoms with Crippen molar-refractivity contribution in [2.45, 2.75) is 6.92 Å². The molecule has 104 valence electrons. The van der Waals surface area contributed by atoms with Crippen molar-refractivity contribution >= 4 is 17.3 Å². The summed E-state index contributed by atoms with van der Waals surface area (Å²) >= 11 is 0. The molecule has 4 N–H and O–H groups in total. The zero-order valence-electron chi connectivity index (χ0n) is 11.3. The van der Waals surface area contributed by atoms with Gasteiger partial charge in [-0.05, 0) is 42.8 Å². The Morgan fingerprint density at radius 3 is 2.65 bits per heavy atom. The maximum Gasteiger partial charge on any atom is 0.255 e. The monoisotopic (exact) mass is 272 g/mol. The van der Waals surface area contributed by atoms with E-state index < -0.39 is 0 Å². The highest BCUT2D eigenvalue weighted by molar-refractivity contribution is 6.05. The average molecular weight is 272 g/mol. The molecule has 0 spiro atoms. The van der Waals surface area contributed by atoms with Crippen LogP contribution < -0.4 is 15.8 Å². The first-order valence-electron chi connectivity index (χ1n) is 6.05. The van der Waals surface area contributed by atoms with Crippen LogP contribution in [0.15, 0.2) is 36.4 Å². The first-order chi connectivity index (χ1) is 9.51. The van der Waals surface area contributed by atoms with Crippen molar-refractivity contribution in [3.63, 3.8) is 0 Å². The Morgan fingerprint density at radius 1 is 1.25 bits per heavy atom. The van der Waals surface area contributed by atoms with E-state index in [1.165, 1.54) is 19.2 Å². The van der Waals surface area contributed by atoms with Gasteiger partial charge in [0, 0.05) is 5.56 Å². The van der Waals surface area contributed by atoms with Crippen LogP contribution >= 0.6 is 0 Å². The number of phenols is 1. The Kier molecular flexibility index (Phi) is 3.79. The fraction of sp³-hybridized carbons (Fsp3) is 0.133. The third-order valence-electron chi connectivity index (χ3n) is 2.90. The SMILES string of the molecule is COc1ccc(C)cc1NC(=O)c1ccc(N)c(O)c1. The largest absolute Gasteiger partial charge is 0.506 e. The normalized spacial score (nSPS) is 10.1. The number of methoxy groups -OCH3 is 1. The number of benzene rings is 2. The molecule has 0 unspecified atom stereocenters. The molecule has 0 aliphatic carbocycles. The summed E-state index contributed by atoms with van der Waals surface area (Å²) in [5.41, 5.74) is 7.63. The number of aryl methyl sites for hydroxylation is 1. The molecule has 0 heterocycles. The molecule has 0 bridgehead atoms. The summed E-state index contributed by atoms with van der Waals surface area (Å²) in [6.07, 6.45) is 0. The minimum atomic E-state index is -0.343. The number of ether oxygens (including phenoxy) is 1. The number of carbonyl (C=O) groups excluding carboxylic acids is 1. The van der Waals surface area contributed by atoms with Crippen molar-refractivity contribution in [2.75, 3.05) is 18.2 Å². The fourth-order valence-corrected chi connectivity index (χ4v) is 1.80. The molecule has 20 heavy (non-hydrogen) atoms. The standard InChI is InChI=1S/C15H16N2O3/c1-9-3-6-14(20-2)12(7-9)17-15(19)10-4-5-11(16)13(18)8-10/h3-8,18H,16H2,1-2H3,(H,17,19). The molecule has 5 heteroatoms. The lowest BCUT2D eigenvalue weighted by Crippen LogP contribution is -2.12. The molecule has 0 saturated carbocycles. The second kappa shape index (κ2) is 5.52. The summed E-state index contributed by atoms with van der Waals surface area (Å²) < 4.78 is 5.20. The second-order valence-corrected chi connectivity index (χ2v) is 4.43. The van der Waals surface area contributed by atoms with E-state index in [-0.39, 0.29) is 17.3 Å². The van der Waals surface area contributed by atoms with Gasteiger partial charge in [-0.3, -0.25) is 4.79 Å². The highest BCUT2D eigenvalue weighted by Crippen LogP contribution is 2.27. The smallest absolute Gasteiger partial charge is 0.255 e. The van der Waals surface area contributed by atoms with Gasteiger partial charge >= 0.3 is 0 Å². The minimum Gasteiger partial charge on any atom is -0.506 e. The molecule has 0 aromatic heterocycles. The molecule has 0 atom stereocenters. The molecule has 0 aliphatic heterocycles. The number of rotatable bonds is 3. The number of nitrogens with one attached hydrogen (secondary N) is 1. The van der Waals surface area contributed by atoms with Gasteiger partial charge in [0.2, 0.25) is 0 Å². The topological polar surface area (TPSA) is 84.6 Å². The molecular weight excluding hydrogens is 256 g/mol. The maximum absolute atomic E-state index is 12.1. The number of phenolic OH excluding ortho intramolecular Hbond substituents is 1. The lowest BCUT2D eigenvalue weighted by Gasteiger charge is -2.11. The summed E-state index contributed by atoms with van der Waals surface area (Å²) in [6, 6.07) is 9.85. The predicted octanol–water partition coefficient (Wildman–Crippen LogP) is 2.54. The molecule has 0 aliphatic rings. The molecular formula is C15H16N2O3. The van der Waals surface area contributed by atoms with Gasteiger partial charge in [0.1, 0.15) is 11.5 Å². The third kappa shape index (κ3) is 2.83. The second-order valence-electron chi connectivity index (χ2n) is 4.43. The number of hydrogen-bond acceptors (Lipinski definition) is 4. The zero-order valence-corrected chi connectivity index (χ0v) is 11.3. The van der Waals surface area contributed by atoms with Gasteiger partial charge in [-0.25, -0.2) is 0 Å². The Bertz CT molecular complexity index is 654.